The summed E-state index contributed by atoms with van der Waals surface area (Å²) >= 11 is 0. The van der Waals surface area contributed by atoms with Gasteiger partial charge in [-0.05, 0) is 48.4 Å². The Labute approximate surface area is 190 Å². The van der Waals surface area contributed by atoms with Gasteiger partial charge in [0.15, 0.2) is 0 Å². The summed E-state index contributed by atoms with van der Waals surface area (Å²) < 4.78 is 0. The number of halogens is 2. The molecule has 1 aromatic carbocycles. The van der Waals surface area contributed by atoms with Crippen LogP contribution in [0.15, 0.2) is 24.3 Å². The summed E-state index contributed by atoms with van der Waals surface area (Å²) in [7, 11) is 0. The van der Waals surface area contributed by atoms with Gasteiger partial charge in [0.05, 0.1) is 6.42 Å². The van der Waals surface area contributed by atoms with E-state index < -0.39 is 12.5 Å². The van der Waals surface area contributed by atoms with Crippen molar-refractivity contribution < 1.29 is 14.7 Å². The highest BCUT2D eigenvalue weighted by Gasteiger charge is 2.21. The average molecular weight is 456 g/mol. The lowest BCUT2D eigenvalue weighted by atomic mass is 9.88. The van der Waals surface area contributed by atoms with E-state index in [1.807, 2.05) is 38.1 Å². The molecule has 0 aliphatic rings. The molecule has 0 atom stereocenters. The number of aromatic nitrogens is 1. The number of carboxylic acid groups (broad SMARTS) is 1. The Morgan fingerprint density at radius 3 is 2.20 bits per heavy atom. The molecule has 2 rings (SSSR count). The molecule has 6 nitrogen and oxygen atoms in total. The van der Waals surface area contributed by atoms with Gasteiger partial charge in [-0.25, -0.2) is 0 Å². The fourth-order valence-electron chi connectivity index (χ4n) is 3.30. The van der Waals surface area contributed by atoms with E-state index in [1.54, 1.807) is 0 Å². The van der Waals surface area contributed by atoms with E-state index >= 15 is 0 Å². The molecular weight excluding hydrogens is 425 g/mol. The second-order valence-corrected chi connectivity index (χ2v) is 7.49. The Morgan fingerprint density at radius 2 is 1.70 bits per heavy atom. The van der Waals surface area contributed by atoms with Gasteiger partial charge in [-0.1, -0.05) is 43.7 Å². The number of pyridine rings is 1. The summed E-state index contributed by atoms with van der Waals surface area (Å²) in [6.45, 7) is 8.10. The Hall–Kier alpha value is -2.15. The summed E-state index contributed by atoms with van der Waals surface area (Å²) in [5.74, 6) is -0.995. The number of nitrogens with one attached hydrogen (secondary N) is 1. The number of hydrogen-bond acceptors (Lipinski definition) is 4. The smallest absolute Gasteiger partial charge is 0.322 e. The number of hydrogen-bond donors (Lipinski definition) is 3. The van der Waals surface area contributed by atoms with Crippen LogP contribution in [0.25, 0.3) is 11.1 Å². The van der Waals surface area contributed by atoms with Crippen molar-refractivity contribution in [3.63, 3.8) is 0 Å². The van der Waals surface area contributed by atoms with Crippen LogP contribution in [-0.4, -0.2) is 28.5 Å². The zero-order chi connectivity index (χ0) is 20.8. The number of benzene rings is 1. The lowest BCUT2D eigenvalue weighted by molar-refractivity contribution is -0.137. The molecule has 0 fully saturated rings. The summed E-state index contributed by atoms with van der Waals surface area (Å²) in [6, 6.07) is 8.12. The van der Waals surface area contributed by atoms with Crippen molar-refractivity contribution in [2.75, 3.05) is 6.54 Å². The fourth-order valence-corrected chi connectivity index (χ4v) is 3.30. The molecule has 0 bridgehead atoms. The van der Waals surface area contributed by atoms with Crippen LogP contribution >= 0.6 is 24.8 Å². The lowest BCUT2D eigenvalue weighted by Gasteiger charge is -2.21. The van der Waals surface area contributed by atoms with Crippen molar-refractivity contribution >= 4 is 36.7 Å². The molecule has 1 amide bonds. The molecule has 30 heavy (non-hydrogen) atoms. The molecule has 1 aromatic heterocycles. The zero-order valence-electron chi connectivity index (χ0n) is 17.8. The van der Waals surface area contributed by atoms with E-state index in [1.165, 1.54) is 0 Å². The number of nitrogens with two attached hydrogens (primary N) is 1. The molecule has 0 aliphatic carbocycles. The van der Waals surface area contributed by atoms with Gasteiger partial charge in [0.25, 0.3) is 0 Å². The highest BCUT2D eigenvalue weighted by Crippen LogP contribution is 2.33. The molecule has 0 saturated carbocycles. The van der Waals surface area contributed by atoms with Gasteiger partial charge in [0, 0.05) is 17.9 Å². The third kappa shape index (κ3) is 7.27. The van der Waals surface area contributed by atoms with Crippen LogP contribution in [0, 0.1) is 19.8 Å². The number of nitrogens with zero attached hydrogens (tertiary/aromatic N) is 1. The molecule has 0 unspecified atom stereocenters. The molecule has 0 spiro atoms. The number of carboxylic acids is 1. The standard InChI is InChI=1S/C22H29N3O3.2ClH/c1-13(2)9-19-18(11-23)22(16-7-5-14(3)6-8-16)17(15(4)25-19)10-20(26)24-12-21(27)28;;/h5-8,13H,9-12,23H2,1-4H3,(H,24,26)(H,27,28);2*1H. The Balaban J connectivity index is 0.00000420. The minimum atomic E-state index is -1.07. The van der Waals surface area contributed by atoms with Crippen molar-refractivity contribution in [2.24, 2.45) is 11.7 Å². The van der Waals surface area contributed by atoms with Crippen LogP contribution in [0.1, 0.15) is 41.9 Å². The number of aliphatic carboxylic acids is 1. The fraction of sp³-hybridized carbons (Fsp3) is 0.409. The van der Waals surface area contributed by atoms with E-state index in [4.69, 9.17) is 15.8 Å². The molecular formula is C22H31Cl2N3O3. The highest BCUT2D eigenvalue weighted by molar-refractivity contribution is 5.86. The summed E-state index contributed by atoms with van der Waals surface area (Å²) in [5, 5.41) is 11.2. The first-order valence-electron chi connectivity index (χ1n) is 9.49. The topological polar surface area (TPSA) is 105 Å². The normalized spacial score (nSPS) is 10.2. The zero-order valence-corrected chi connectivity index (χ0v) is 19.5. The molecule has 166 valence electrons. The second-order valence-electron chi connectivity index (χ2n) is 7.49. The number of aryl methyl sites for hydroxylation is 2. The van der Waals surface area contributed by atoms with E-state index in [9.17, 15) is 9.59 Å². The second kappa shape index (κ2) is 12.5. The predicted molar refractivity (Wildman–Crippen MR) is 124 cm³/mol. The minimum Gasteiger partial charge on any atom is -0.480 e. The lowest BCUT2D eigenvalue weighted by Crippen LogP contribution is -2.31. The maximum atomic E-state index is 12.3. The van der Waals surface area contributed by atoms with Crippen LogP contribution in [0.3, 0.4) is 0 Å². The first-order chi connectivity index (χ1) is 13.2. The average Bonchev–Trinajstić information content (AvgIpc) is 2.62. The first-order valence-corrected chi connectivity index (χ1v) is 9.49. The Kier molecular flexibility index (Phi) is 11.6. The Bertz CT molecular complexity index is 869. The van der Waals surface area contributed by atoms with Crippen molar-refractivity contribution in [1.29, 1.82) is 0 Å². The highest BCUT2D eigenvalue weighted by atomic mass is 35.5. The monoisotopic (exact) mass is 455 g/mol. The van der Waals surface area contributed by atoms with Gasteiger partial charge in [-0.2, -0.15) is 0 Å². The van der Waals surface area contributed by atoms with Crippen LogP contribution < -0.4 is 11.1 Å². The van der Waals surface area contributed by atoms with Gasteiger partial charge in [0.1, 0.15) is 6.54 Å². The summed E-state index contributed by atoms with van der Waals surface area (Å²) in [5.41, 5.74) is 12.7. The van der Waals surface area contributed by atoms with Crippen molar-refractivity contribution in [1.82, 2.24) is 10.3 Å². The third-order valence-electron chi connectivity index (χ3n) is 4.61. The van der Waals surface area contributed by atoms with Crippen molar-refractivity contribution in [3.05, 3.63) is 52.3 Å². The molecule has 1 heterocycles. The van der Waals surface area contributed by atoms with E-state index in [0.717, 1.165) is 45.6 Å². The van der Waals surface area contributed by atoms with E-state index in [2.05, 4.69) is 19.2 Å². The molecule has 2 aromatic rings. The Morgan fingerprint density at radius 1 is 1.10 bits per heavy atom. The quantitative estimate of drug-likeness (QED) is 0.563. The molecule has 0 aliphatic heterocycles. The maximum absolute atomic E-state index is 12.3. The van der Waals surface area contributed by atoms with Crippen LogP contribution in [0.4, 0.5) is 0 Å². The third-order valence-corrected chi connectivity index (χ3v) is 4.61. The van der Waals surface area contributed by atoms with Gasteiger partial charge in [0.2, 0.25) is 5.91 Å². The van der Waals surface area contributed by atoms with Gasteiger partial charge in [-0.15, -0.1) is 24.8 Å². The number of rotatable bonds is 8. The molecule has 8 heteroatoms. The number of amides is 1. The van der Waals surface area contributed by atoms with Crippen molar-refractivity contribution in [3.8, 4) is 11.1 Å². The number of carbonyl (C=O) groups excluding carboxylic acids is 1. The first kappa shape index (κ1) is 27.8. The molecule has 0 radical (unpaired) electrons. The van der Waals surface area contributed by atoms with Gasteiger partial charge >= 0.3 is 5.97 Å². The minimum absolute atomic E-state index is 0. The maximum Gasteiger partial charge on any atom is 0.322 e. The van der Waals surface area contributed by atoms with Crippen LogP contribution in [0.5, 0.6) is 0 Å². The SMILES string of the molecule is Cc1ccc(-c2c(CC(=O)NCC(=O)O)c(C)nc(CC(C)C)c2CN)cc1.Cl.Cl. The molecule has 4 N–H and O–H groups in total. The van der Waals surface area contributed by atoms with Crippen molar-refractivity contribution in [2.45, 2.75) is 47.1 Å². The molecule has 0 saturated heterocycles. The van der Waals surface area contributed by atoms with E-state index in [0.29, 0.717) is 12.5 Å². The number of carbonyl (C=O) groups is 2. The van der Waals surface area contributed by atoms with Crippen LogP contribution in [-0.2, 0) is 29.0 Å². The largest absolute Gasteiger partial charge is 0.480 e. The van der Waals surface area contributed by atoms with Crippen LogP contribution in [0.2, 0.25) is 0 Å². The summed E-state index contributed by atoms with van der Waals surface area (Å²) in [6.07, 6.45) is 0.863. The van der Waals surface area contributed by atoms with E-state index in [-0.39, 0.29) is 37.1 Å². The van der Waals surface area contributed by atoms with Gasteiger partial charge < -0.3 is 16.2 Å². The predicted octanol–water partition coefficient (Wildman–Crippen LogP) is 3.61. The summed E-state index contributed by atoms with van der Waals surface area (Å²) in [4.78, 5) is 27.8. The van der Waals surface area contributed by atoms with Gasteiger partial charge in [-0.3, -0.25) is 14.6 Å².